The SMILES string of the molecule is CCS/C(NCc1ccc(-c2ccc(F)cn2)cc1)=c1\c(=O)n(C)c2n(c1=N)CC(C)(C)N=2. The van der Waals surface area contributed by atoms with Crippen LogP contribution in [0, 0.1) is 11.2 Å². The van der Waals surface area contributed by atoms with Gasteiger partial charge in [0.15, 0.2) is 0 Å². The highest BCUT2D eigenvalue weighted by atomic mass is 32.2. The van der Waals surface area contributed by atoms with Crippen molar-refractivity contribution in [2.24, 2.45) is 12.0 Å². The number of fused-ring (bicyclic) bond motifs is 1. The van der Waals surface area contributed by atoms with Crippen LogP contribution in [0.3, 0.4) is 0 Å². The zero-order valence-electron chi connectivity index (χ0n) is 19.1. The Morgan fingerprint density at radius 1 is 1.24 bits per heavy atom. The molecule has 1 aliphatic heterocycles. The summed E-state index contributed by atoms with van der Waals surface area (Å²) in [5, 5.41) is 13.2. The summed E-state index contributed by atoms with van der Waals surface area (Å²) in [5.41, 5.74) is 2.76. The third-order valence-electron chi connectivity index (χ3n) is 5.46. The predicted molar refractivity (Wildman–Crippen MR) is 128 cm³/mol. The highest BCUT2D eigenvalue weighted by Gasteiger charge is 2.26. The Morgan fingerprint density at radius 3 is 2.61 bits per heavy atom. The Morgan fingerprint density at radius 2 is 1.97 bits per heavy atom. The maximum atomic E-state index is 13.2. The molecule has 172 valence electrons. The minimum Gasteiger partial charge on any atom is -0.375 e. The fraction of sp³-hybridized carbons (Fsp3) is 0.333. The third kappa shape index (κ3) is 4.64. The van der Waals surface area contributed by atoms with Gasteiger partial charge in [-0.15, -0.1) is 11.8 Å². The van der Waals surface area contributed by atoms with Gasteiger partial charge in [-0.05, 0) is 37.3 Å². The first-order chi connectivity index (χ1) is 15.7. The van der Waals surface area contributed by atoms with Crippen LogP contribution in [0.4, 0.5) is 4.39 Å². The normalized spacial score (nSPS) is 15.1. The number of thioether (sulfide) groups is 1. The number of nitrogens with zero attached hydrogens (tertiary/aromatic N) is 4. The van der Waals surface area contributed by atoms with Gasteiger partial charge in [0, 0.05) is 19.2 Å². The van der Waals surface area contributed by atoms with Crippen LogP contribution in [0.5, 0.6) is 0 Å². The summed E-state index contributed by atoms with van der Waals surface area (Å²) in [6, 6.07) is 10.9. The minimum atomic E-state index is -0.363. The van der Waals surface area contributed by atoms with E-state index in [1.807, 2.05) is 45.0 Å². The molecule has 4 rings (SSSR count). The molecule has 9 heteroatoms. The van der Waals surface area contributed by atoms with E-state index in [1.54, 1.807) is 17.7 Å². The van der Waals surface area contributed by atoms with E-state index in [9.17, 15) is 9.18 Å². The Labute approximate surface area is 195 Å². The van der Waals surface area contributed by atoms with Crippen molar-refractivity contribution in [2.45, 2.75) is 39.4 Å². The van der Waals surface area contributed by atoms with Gasteiger partial charge in [-0.2, -0.15) is 0 Å². The highest BCUT2D eigenvalue weighted by Crippen LogP contribution is 2.18. The Bertz CT molecular complexity index is 1420. The summed E-state index contributed by atoms with van der Waals surface area (Å²) in [4.78, 5) is 21.9. The molecule has 7 nitrogen and oxygen atoms in total. The van der Waals surface area contributed by atoms with E-state index in [0.29, 0.717) is 34.6 Å². The van der Waals surface area contributed by atoms with E-state index in [1.165, 1.54) is 28.6 Å². The largest absolute Gasteiger partial charge is 0.375 e. The molecule has 0 unspecified atom stereocenters. The third-order valence-corrected chi connectivity index (χ3v) is 6.39. The van der Waals surface area contributed by atoms with Crippen LogP contribution in [-0.4, -0.2) is 25.4 Å². The average Bonchev–Trinajstić information content (AvgIpc) is 3.13. The molecule has 0 amide bonds. The Balaban J connectivity index is 1.67. The summed E-state index contributed by atoms with van der Waals surface area (Å²) >= 11 is 1.52. The van der Waals surface area contributed by atoms with Crippen LogP contribution in [0.25, 0.3) is 16.3 Å². The van der Waals surface area contributed by atoms with Gasteiger partial charge in [-0.1, -0.05) is 31.2 Å². The quantitative estimate of drug-likeness (QED) is 0.581. The van der Waals surface area contributed by atoms with Crippen molar-refractivity contribution in [3.63, 3.8) is 0 Å². The van der Waals surface area contributed by atoms with E-state index < -0.39 is 0 Å². The maximum absolute atomic E-state index is 13.2. The number of benzene rings is 1. The molecular formula is C24H27FN6OS. The van der Waals surface area contributed by atoms with Crippen molar-refractivity contribution >= 4 is 16.8 Å². The first kappa shape index (κ1) is 23.0. The lowest BCUT2D eigenvalue weighted by atomic mass is 10.1. The van der Waals surface area contributed by atoms with Crippen LogP contribution in [0.15, 0.2) is 52.4 Å². The number of hydrogen-bond acceptors (Lipinski definition) is 6. The lowest BCUT2D eigenvalue weighted by Crippen LogP contribution is -2.58. The number of pyridine rings is 1. The number of hydrogen-bond donors (Lipinski definition) is 2. The molecular weight excluding hydrogens is 439 g/mol. The molecule has 2 aromatic heterocycles. The van der Waals surface area contributed by atoms with Crippen LogP contribution in [-0.2, 0) is 20.1 Å². The van der Waals surface area contributed by atoms with Gasteiger partial charge in [0.05, 0.1) is 29.0 Å². The summed E-state index contributed by atoms with van der Waals surface area (Å²) in [7, 11) is 1.71. The Kier molecular flexibility index (Phi) is 6.25. The number of aromatic nitrogens is 3. The topological polar surface area (TPSA) is 88.1 Å². The van der Waals surface area contributed by atoms with Gasteiger partial charge in [0.1, 0.15) is 16.5 Å². The van der Waals surface area contributed by atoms with E-state index in [2.05, 4.69) is 15.3 Å². The van der Waals surface area contributed by atoms with Crippen LogP contribution < -0.4 is 27.2 Å². The smallest absolute Gasteiger partial charge is 0.266 e. The van der Waals surface area contributed by atoms with Gasteiger partial charge in [-0.25, -0.2) is 9.38 Å². The average molecular weight is 467 g/mol. The summed E-state index contributed by atoms with van der Waals surface area (Å²) < 4.78 is 16.5. The first-order valence-electron chi connectivity index (χ1n) is 10.8. The van der Waals surface area contributed by atoms with Gasteiger partial charge in [0.25, 0.3) is 5.56 Å². The molecule has 0 saturated carbocycles. The first-order valence-corrected chi connectivity index (χ1v) is 11.7. The highest BCUT2D eigenvalue weighted by molar-refractivity contribution is 8.07. The molecule has 0 atom stereocenters. The fourth-order valence-corrected chi connectivity index (χ4v) is 4.63. The molecule has 3 aromatic rings. The van der Waals surface area contributed by atoms with Crippen molar-refractivity contribution in [1.82, 2.24) is 19.4 Å². The molecule has 0 bridgehead atoms. The van der Waals surface area contributed by atoms with E-state index in [-0.39, 0.29) is 22.4 Å². The zero-order chi connectivity index (χ0) is 23.8. The predicted octanol–water partition coefficient (Wildman–Crippen LogP) is 1.89. The molecule has 1 aliphatic rings. The summed E-state index contributed by atoms with van der Waals surface area (Å²) in [5.74, 6) is 0.399. The monoisotopic (exact) mass is 466 g/mol. The zero-order valence-corrected chi connectivity index (χ0v) is 20.0. The lowest BCUT2D eigenvalue weighted by Gasteiger charge is -2.14. The molecule has 33 heavy (non-hydrogen) atoms. The molecule has 0 spiro atoms. The van der Waals surface area contributed by atoms with Gasteiger partial charge < -0.3 is 5.32 Å². The van der Waals surface area contributed by atoms with E-state index >= 15 is 0 Å². The molecule has 0 saturated heterocycles. The molecule has 1 aromatic carbocycles. The van der Waals surface area contributed by atoms with Crippen molar-refractivity contribution in [2.75, 3.05) is 5.75 Å². The molecule has 0 radical (unpaired) electrons. The maximum Gasteiger partial charge on any atom is 0.266 e. The van der Waals surface area contributed by atoms with Crippen LogP contribution in [0.1, 0.15) is 26.3 Å². The molecule has 0 fully saturated rings. The van der Waals surface area contributed by atoms with Crippen molar-refractivity contribution in [3.8, 4) is 11.3 Å². The second kappa shape index (κ2) is 8.97. The number of rotatable bonds is 6. The van der Waals surface area contributed by atoms with Gasteiger partial charge >= 0.3 is 0 Å². The van der Waals surface area contributed by atoms with Gasteiger partial charge in [-0.3, -0.25) is 24.3 Å². The molecule has 3 heterocycles. The molecule has 0 aliphatic carbocycles. The van der Waals surface area contributed by atoms with E-state index in [4.69, 9.17) is 5.41 Å². The molecule has 2 N–H and O–H groups in total. The standard InChI is InChI=1S/C24H27FN6OS/c1-5-33-21(19-20(26)31-14-24(2,3)29-23(31)30(4)22(19)32)28-12-15-6-8-16(9-7-15)18-11-10-17(25)13-27-18/h6-11,13,26,28H,5,12,14H2,1-4H3/b21-19-,26-20?. The van der Waals surface area contributed by atoms with Gasteiger partial charge in [0.2, 0.25) is 5.62 Å². The number of nitrogens with one attached hydrogen (secondary N) is 2. The minimum absolute atomic E-state index is 0.184. The fourth-order valence-electron chi connectivity index (χ4n) is 3.84. The summed E-state index contributed by atoms with van der Waals surface area (Å²) in [6.07, 6.45) is 1.20. The van der Waals surface area contributed by atoms with E-state index in [0.717, 1.165) is 16.9 Å². The van der Waals surface area contributed by atoms with Crippen LogP contribution >= 0.6 is 11.8 Å². The number of halogens is 1. The second-order valence-corrected chi connectivity index (χ2v) is 9.85. The second-order valence-electron chi connectivity index (χ2n) is 8.57. The van der Waals surface area contributed by atoms with Crippen molar-refractivity contribution in [3.05, 3.63) is 80.7 Å². The van der Waals surface area contributed by atoms with Crippen molar-refractivity contribution < 1.29 is 4.39 Å². The lowest BCUT2D eigenvalue weighted by molar-refractivity contribution is 0.466. The Hall–Kier alpha value is -3.20. The van der Waals surface area contributed by atoms with Crippen LogP contribution in [0.2, 0.25) is 0 Å². The van der Waals surface area contributed by atoms with Crippen molar-refractivity contribution in [1.29, 1.82) is 5.41 Å². The summed E-state index contributed by atoms with van der Waals surface area (Å²) in [6.45, 7) is 7.07.